The van der Waals surface area contributed by atoms with Gasteiger partial charge in [-0.2, -0.15) is 0 Å². The number of hydrogen-bond acceptors (Lipinski definition) is 2. The van der Waals surface area contributed by atoms with Crippen LogP contribution >= 0.6 is 0 Å². The molecular formula is C12H14F2N2O3. The molecule has 0 heterocycles. The number of amides is 2. The summed E-state index contributed by atoms with van der Waals surface area (Å²) < 4.78 is 24.3. The van der Waals surface area contributed by atoms with Crippen molar-refractivity contribution in [3.63, 3.8) is 0 Å². The maximum absolute atomic E-state index is 12.1. The van der Waals surface area contributed by atoms with E-state index in [2.05, 4.69) is 5.32 Å². The number of hydrogen-bond donors (Lipinski definition) is 2. The number of halogens is 2. The largest absolute Gasteiger partial charge is 0.478 e. The number of aromatic carboxylic acids is 1. The van der Waals surface area contributed by atoms with E-state index in [1.165, 1.54) is 19.2 Å². The van der Waals surface area contributed by atoms with Gasteiger partial charge in [-0.1, -0.05) is 11.6 Å². The van der Waals surface area contributed by atoms with Crippen LogP contribution in [0.1, 0.15) is 15.9 Å². The van der Waals surface area contributed by atoms with E-state index in [-0.39, 0.29) is 11.3 Å². The topological polar surface area (TPSA) is 69.6 Å². The van der Waals surface area contributed by atoms with Crippen LogP contribution in [0.2, 0.25) is 0 Å². The summed E-state index contributed by atoms with van der Waals surface area (Å²) in [5.41, 5.74) is 0.708. The standard InChI is InChI=1S/C12H14F2N2O3/c1-7-3-4-9(8(5-7)11(17)18)15-12(19)16(2)6-10(13)14/h3-5,10H,6H2,1-2H3,(H,15,19)(H,17,18). The number of alkyl halides is 2. The molecule has 0 aliphatic heterocycles. The van der Waals surface area contributed by atoms with Crippen LogP contribution in [0.5, 0.6) is 0 Å². The molecule has 0 fully saturated rings. The van der Waals surface area contributed by atoms with Gasteiger partial charge in [0.25, 0.3) is 6.43 Å². The monoisotopic (exact) mass is 272 g/mol. The molecule has 0 saturated heterocycles. The van der Waals surface area contributed by atoms with Crippen molar-refractivity contribution >= 4 is 17.7 Å². The van der Waals surface area contributed by atoms with Crippen LogP contribution in [0.25, 0.3) is 0 Å². The van der Waals surface area contributed by atoms with Crippen molar-refractivity contribution in [2.45, 2.75) is 13.3 Å². The van der Waals surface area contributed by atoms with E-state index in [0.717, 1.165) is 10.5 Å². The van der Waals surface area contributed by atoms with E-state index in [4.69, 9.17) is 5.11 Å². The van der Waals surface area contributed by atoms with Gasteiger partial charge in [0.2, 0.25) is 0 Å². The molecule has 0 bridgehead atoms. The molecule has 7 heteroatoms. The fraction of sp³-hybridized carbons (Fsp3) is 0.333. The predicted octanol–water partition coefficient (Wildman–Crippen LogP) is 2.42. The molecule has 0 saturated carbocycles. The van der Waals surface area contributed by atoms with Gasteiger partial charge in [-0.15, -0.1) is 0 Å². The minimum absolute atomic E-state index is 0.0733. The second kappa shape index (κ2) is 6.12. The molecule has 0 aliphatic carbocycles. The molecule has 104 valence electrons. The lowest BCUT2D eigenvalue weighted by Crippen LogP contribution is -2.35. The highest BCUT2D eigenvalue weighted by Crippen LogP contribution is 2.18. The number of aryl methyl sites for hydroxylation is 1. The van der Waals surface area contributed by atoms with Crippen LogP contribution in [0.15, 0.2) is 18.2 Å². The molecule has 19 heavy (non-hydrogen) atoms. The molecule has 1 aromatic carbocycles. The van der Waals surface area contributed by atoms with Gasteiger partial charge < -0.3 is 15.3 Å². The van der Waals surface area contributed by atoms with E-state index in [0.29, 0.717) is 0 Å². The molecule has 0 aliphatic rings. The third-order valence-electron chi connectivity index (χ3n) is 2.41. The van der Waals surface area contributed by atoms with Gasteiger partial charge in [0.15, 0.2) is 0 Å². The second-order valence-corrected chi connectivity index (χ2v) is 4.06. The number of anilines is 1. The van der Waals surface area contributed by atoms with Gasteiger partial charge in [0.1, 0.15) is 0 Å². The number of urea groups is 1. The second-order valence-electron chi connectivity index (χ2n) is 4.06. The third kappa shape index (κ3) is 4.20. The van der Waals surface area contributed by atoms with Gasteiger partial charge in [0.05, 0.1) is 17.8 Å². The van der Waals surface area contributed by atoms with Crippen molar-refractivity contribution in [3.8, 4) is 0 Å². The Morgan fingerprint density at radius 3 is 2.58 bits per heavy atom. The first-order valence-electron chi connectivity index (χ1n) is 5.45. The Hall–Kier alpha value is -2.18. The number of benzene rings is 1. The third-order valence-corrected chi connectivity index (χ3v) is 2.41. The Balaban J connectivity index is 2.87. The molecule has 2 N–H and O–H groups in total. The normalized spacial score (nSPS) is 10.4. The first-order valence-corrected chi connectivity index (χ1v) is 5.45. The summed E-state index contributed by atoms with van der Waals surface area (Å²) in [6.45, 7) is 0.987. The number of nitrogens with one attached hydrogen (secondary N) is 1. The fourth-order valence-electron chi connectivity index (χ4n) is 1.44. The summed E-state index contributed by atoms with van der Waals surface area (Å²) in [6.07, 6.45) is -2.65. The minimum atomic E-state index is -2.65. The average Bonchev–Trinajstić information content (AvgIpc) is 2.30. The number of carboxylic acids is 1. The van der Waals surface area contributed by atoms with Crippen molar-refractivity contribution in [1.29, 1.82) is 0 Å². The molecule has 2 amide bonds. The smallest absolute Gasteiger partial charge is 0.337 e. The first-order chi connectivity index (χ1) is 8.81. The van der Waals surface area contributed by atoms with Crippen molar-refractivity contribution in [2.24, 2.45) is 0 Å². The van der Waals surface area contributed by atoms with Crippen LogP contribution in [0.3, 0.4) is 0 Å². The van der Waals surface area contributed by atoms with Crippen molar-refractivity contribution in [1.82, 2.24) is 4.90 Å². The van der Waals surface area contributed by atoms with E-state index >= 15 is 0 Å². The summed E-state index contributed by atoms with van der Waals surface area (Å²) in [7, 11) is 1.20. The molecule has 0 spiro atoms. The average molecular weight is 272 g/mol. The quantitative estimate of drug-likeness (QED) is 0.884. The number of carboxylic acid groups (broad SMARTS) is 1. The number of carbonyl (C=O) groups excluding carboxylic acids is 1. The molecule has 5 nitrogen and oxygen atoms in total. The molecule has 1 aromatic rings. The summed E-state index contributed by atoms with van der Waals surface area (Å²) in [5, 5.41) is 11.3. The Morgan fingerprint density at radius 2 is 2.05 bits per heavy atom. The minimum Gasteiger partial charge on any atom is -0.478 e. The molecular weight excluding hydrogens is 258 g/mol. The fourth-order valence-corrected chi connectivity index (χ4v) is 1.44. The summed E-state index contributed by atoms with van der Waals surface area (Å²) >= 11 is 0. The Labute approximate surface area is 108 Å². The maximum atomic E-state index is 12.1. The zero-order chi connectivity index (χ0) is 14.6. The van der Waals surface area contributed by atoms with Gasteiger partial charge >= 0.3 is 12.0 Å². The van der Waals surface area contributed by atoms with E-state index < -0.39 is 25.0 Å². The van der Waals surface area contributed by atoms with Crippen molar-refractivity contribution in [2.75, 3.05) is 18.9 Å². The molecule has 0 radical (unpaired) electrons. The lowest BCUT2D eigenvalue weighted by molar-refractivity contribution is 0.0697. The molecule has 0 atom stereocenters. The summed E-state index contributed by atoms with van der Waals surface area (Å²) in [6, 6.07) is 3.65. The molecule has 1 rings (SSSR count). The van der Waals surface area contributed by atoms with Crippen molar-refractivity contribution < 1.29 is 23.5 Å². The van der Waals surface area contributed by atoms with Crippen LogP contribution in [-0.2, 0) is 0 Å². The van der Waals surface area contributed by atoms with Gasteiger partial charge in [-0.3, -0.25) is 0 Å². The predicted molar refractivity (Wildman–Crippen MR) is 65.8 cm³/mol. The summed E-state index contributed by atoms with van der Waals surface area (Å²) in [4.78, 5) is 23.4. The zero-order valence-electron chi connectivity index (χ0n) is 10.5. The number of rotatable bonds is 4. The van der Waals surface area contributed by atoms with Gasteiger partial charge in [-0.05, 0) is 19.1 Å². The van der Waals surface area contributed by atoms with Crippen LogP contribution < -0.4 is 5.32 Å². The van der Waals surface area contributed by atoms with Crippen molar-refractivity contribution in [3.05, 3.63) is 29.3 Å². The first kappa shape index (κ1) is 14.9. The Bertz CT molecular complexity index is 492. The summed E-state index contributed by atoms with van der Waals surface area (Å²) in [5.74, 6) is -1.20. The number of carbonyl (C=O) groups is 2. The highest BCUT2D eigenvalue weighted by Gasteiger charge is 2.17. The van der Waals surface area contributed by atoms with Crippen LogP contribution in [-0.4, -0.2) is 42.0 Å². The Morgan fingerprint density at radius 1 is 1.42 bits per heavy atom. The lowest BCUT2D eigenvalue weighted by atomic mass is 10.1. The maximum Gasteiger partial charge on any atom is 0.337 e. The van der Waals surface area contributed by atoms with E-state index in [1.54, 1.807) is 13.0 Å². The van der Waals surface area contributed by atoms with Gasteiger partial charge in [0, 0.05) is 7.05 Å². The lowest BCUT2D eigenvalue weighted by Gasteiger charge is -2.18. The zero-order valence-corrected chi connectivity index (χ0v) is 10.5. The number of nitrogens with zero attached hydrogens (tertiary/aromatic N) is 1. The van der Waals surface area contributed by atoms with Crippen LogP contribution in [0, 0.1) is 6.92 Å². The van der Waals surface area contributed by atoms with E-state index in [9.17, 15) is 18.4 Å². The highest BCUT2D eigenvalue weighted by atomic mass is 19.3. The molecule has 0 aromatic heterocycles. The SMILES string of the molecule is Cc1ccc(NC(=O)N(C)CC(F)F)c(C(=O)O)c1. The molecule has 0 unspecified atom stereocenters. The van der Waals surface area contributed by atoms with E-state index in [1.807, 2.05) is 0 Å². The Kier molecular flexibility index (Phi) is 4.80. The van der Waals surface area contributed by atoms with Crippen LogP contribution in [0.4, 0.5) is 19.3 Å². The highest BCUT2D eigenvalue weighted by molar-refractivity contribution is 6.00. The van der Waals surface area contributed by atoms with Gasteiger partial charge in [-0.25, -0.2) is 18.4 Å².